The lowest BCUT2D eigenvalue weighted by Gasteiger charge is -2.23. The van der Waals surface area contributed by atoms with Gasteiger partial charge in [-0.05, 0) is 62.3 Å². The minimum atomic E-state index is 0.00742. The number of aromatic nitrogens is 4. The minimum Gasteiger partial charge on any atom is -0.354 e. The van der Waals surface area contributed by atoms with Crippen molar-refractivity contribution in [1.82, 2.24) is 24.9 Å². The fourth-order valence-electron chi connectivity index (χ4n) is 3.86. The van der Waals surface area contributed by atoms with Crippen molar-refractivity contribution in [3.8, 4) is 0 Å². The first-order valence-corrected chi connectivity index (χ1v) is 11.7. The standard InChI is InChI=1S/C20H19ClN6OS2/c1-9(2)24-19(28)10-3-4-11-15(5-10)29-20-17(11)18(22-8-23-20)25-13-7-16-14(6-12(13)21)26-27-30-16/h6-10H,3-5H2,1-2H3,(H,24,28)(H,22,23,25)/t10-/m0/s1. The zero-order valence-electron chi connectivity index (χ0n) is 16.4. The van der Waals surface area contributed by atoms with Gasteiger partial charge in [-0.3, -0.25) is 4.79 Å². The number of aryl methyl sites for hydroxylation is 1. The van der Waals surface area contributed by atoms with Crippen molar-refractivity contribution >= 4 is 72.3 Å². The predicted molar refractivity (Wildman–Crippen MR) is 122 cm³/mol. The molecule has 0 saturated heterocycles. The minimum absolute atomic E-state index is 0.00742. The Kier molecular flexibility index (Phi) is 5.04. The monoisotopic (exact) mass is 458 g/mol. The van der Waals surface area contributed by atoms with Crippen molar-refractivity contribution in [1.29, 1.82) is 0 Å². The smallest absolute Gasteiger partial charge is 0.223 e. The molecule has 30 heavy (non-hydrogen) atoms. The third-order valence-corrected chi connectivity index (χ3v) is 7.40. The van der Waals surface area contributed by atoms with E-state index in [0.717, 1.165) is 51.2 Å². The quantitative estimate of drug-likeness (QED) is 0.459. The van der Waals surface area contributed by atoms with Gasteiger partial charge in [0.1, 0.15) is 22.5 Å². The van der Waals surface area contributed by atoms with E-state index in [1.54, 1.807) is 17.7 Å². The maximum Gasteiger partial charge on any atom is 0.223 e. The fraction of sp³-hybridized carbons (Fsp3) is 0.350. The highest BCUT2D eigenvalue weighted by Crippen LogP contribution is 2.41. The van der Waals surface area contributed by atoms with Gasteiger partial charge in [-0.25, -0.2) is 9.97 Å². The van der Waals surface area contributed by atoms with E-state index < -0.39 is 0 Å². The molecule has 0 aliphatic heterocycles. The highest BCUT2D eigenvalue weighted by molar-refractivity contribution is 7.19. The van der Waals surface area contributed by atoms with Gasteiger partial charge < -0.3 is 10.6 Å². The number of amides is 1. The fourth-order valence-corrected chi connectivity index (χ4v) is 5.91. The molecule has 1 aliphatic rings. The summed E-state index contributed by atoms with van der Waals surface area (Å²) in [6, 6.07) is 3.91. The molecular weight excluding hydrogens is 440 g/mol. The van der Waals surface area contributed by atoms with Gasteiger partial charge in [-0.2, -0.15) is 0 Å². The molecular formula is C20H19ClN6OS2. The molecule has 1 amide bonds. The topological polar surface area (TPSA) is 92.7 Å². The summed E-state index contributed by atoms with van der Waals surface area (Å²) < 4.78 is 4.93. The Morgan fingerprint density at radius 3 is 3.00 bits per heavy atom. The lowest BCUT2D eigenvalue weighted by atomic mass is 9.87. The van der Waals surface area contributed by atoms with E-state index in [1.165, 1.54) is 22.0 Å². The third-order valence-electron chi connectivity index (χ3n) is 5.24. The molecule has 10 heteroatoms. The Bertz CT molecular complexity index is 1270. The molecule has 0 bridgehead atoms. The zero-order valence-corrected chi connectivity index (χ0v) is 18.8. The Morgan fingerprint density at radius 2 is 2.17 bits per heavy atom. The van der Waals surface area contributed by atoms with Crippen LogP contribution in [0.25, 0.3) is 20.4 Å². The number of nitrogens with one attached hydrogen (secondary N) is 2. The zero-order chi connectivity index (χ0) is 20.8. The summed E-state index contributed by atoms with van der Waals surface area (Å²) in [4.78, 5) is 23.6. The van der Waals surface area contributed by atoms with Crippen LogP contribution in [0.2, 0.25) is 5.02 Å². The largest absolute Gasteiger partial charge is 0.354 e. The van der Waals surface area contributed by atoms with Crippen molar-refractivity contribution in [2.75, 3.05) is 5.32 Å². The van der Waals surface area contributed by atoms with Gasteiger partial charge in [0, 0.05) is 16.8 Å². The number of hydrogen-bond acceptors (Lipinski definition) is 8. The number of fused-ring (bicyclic) bond motifs is 4. The van der Waals surface area contributed by atoms with E-state index >= 15 is 0 Å². The Labute approximate surface area is 186 Å². The first-order chi connectivity index (χ1) is 14.5. The van der Waals surface area contributed by atoms with Gasteiger partial charge >= 0.3 is 0 Å². The summed E-state index contributed by atoms with van der Waals surface area (Å²) in [5, 5.41) is 12.1. The van der Waals surface area contributed by atoms with E-state index in [1.807, 2.05) is 26.0 Å². The Balaban J connectivity index is 1.50. The molecule has 0 spiro atoms. The molecule has 3 heterocycles. The molecule has 1 aromatic carbocycles. The number of carbonyl (C=O) groups excluding carboxylic acids is 1. The first-order valence-electron chi connectivity index (χ1n) is 9.74. The molecule has 7 nitrogen and oxygen atoms in total. The summed E-state index contributed by atoms with van der Waals surface area (Å²) in [7, 11) is 0. The van der Waals surface area contributed by atoms with E-state index in [4.69, 9.17) is 11.6 Å². The summed E-state index contributed by atoms with van der Waals surface area (Å²) in [5.41, 5.74) is 2.78. The van der Waals surface area contributed by atoms with Gasteiger partial charge in [-0.15, -0.1) is 16.4 Å². The van der Waals surface area contributed by atoms with Crippen LogP contribution < -0.4 is 10.6 Å². The highest BCUT2D eigenvalue weighted by Gasteiger charge is 2.29. The van der Waals surface area contributed by atoms with Gasteiger partial charge in [0.05, 0.1) is 20.8 Å². The van der Waals surface area contributed by atoms with Crippen LogP contribution in [-0.4, -0.2) is 31.5 Å². The summed E-state index contributed by atoms with van der Waals surface area (Å²) >= 11 is 9.44. The van der Waals surface area contributed by atoms with Gasteiger partial charge in [0.15, 0.2) is 0 Å². The summed E-state index contributed by atoms with van der Waals surface area (Å²) in [6.45, 7) is 3.98. The first kappa shape index (κ1) is 19.6. The average Bonchev–Trinajstić information content (AvgIpc) is 3.31. The summed E-state index contributed by atoms with van der Waals surface area (Å²) in [5.74, 6) is 0.880. The van der Waals surface area contributed by atoms with E-state index in [0.29, 0.717) is 5.02 Å². The van der Waals surface area contributed by atoms with E-state index in [2.05, 4.69) is 30.2 Å². The van der Waals surface area contributed by atoms with Crippen LogP contribution in [0.1, 0.15) is 30.7 Å². The number of rotatable bonds is 4. The number of benzene rings is 1. The number of halogens is 1. The van der Waals surface area contributed by atoms with Crippen molar-refractivity contribution in [3.63, 3.8) is 0 Å². The maximum absolute atomic E-state index is 12.5. The molecule has 2 N–H and O–H groups in total. The third kappa shape index (κ3) is 3.51. The molecule has 0 saturated carbocycles. The molecule has 4 aromatic rings. The van der Waals surface area contributed by atoms with Crippen LogP contribution in [0.5, 0.6) is 0 Å². The average molecular weight is 459 g/mol. The lowest BCUT2D eigenvalue weighted by molar-refractivity contribution is -0.125. The SMILES string of the molecule is CC(C)NC(=O)[C@H]1CCc2c(sc3ncnc(Nc4cc5snnc5cc4Cl)c23)C1. The van der Waals surface area contributed by atoms with Crippen LogP contribution in [0.15, 0.2) is 18.5 Å². The van der Waals surface area contributed by atoms with Gasteiger partial charge in [0.2, 0.25) is 5.91 Å². The summed E-state index contributed by atoms with van der Waals surface area (Å²) in [6.07, 6.45) is 3.97. The normalized spacial score (nSPS) is 16.2. The number of hydrogen-bond donors (Lipinski definition) is 2. The molecule has 0 radical (unpaired) electrons. The van der Waals surface area contributed by atoms with Crippen LogP contribution in [0.4, 0.5) is 11.5 Å². The maximum atomic E-state index is 12.5. The Morgan fingerprint density at radius 1 is 1.30 bits per heavy atom. The number of nitrogens with zero attached hydrogens (tertiary/aromatic N) is 4. The number of anilines is 2. The highest BCUT2D eigenvalue weighted by atomic mass is 35.5. The second kappa shape index (κ2) is 7.72. The lowest BCUT2D eigenvalue weighted by Crippen LogP contribution is -2.37. The Hall–Kier alpha value is -2.36. The molecule has 0 fully saturated rings. The predicted octanol–water partition coefficient (Wildman–Crippen LogP) is 4.72. The van der Waals surface area contributed by atoms with Crippen LogP contribution >= 0.6 is 34.5 Å². The molecule has 0 unspecified atom stereocenters. The van der Waals surface area contributed by atoms with Crippen molar-refractivity contribution in [2.24, 2.45) is 5.92 Å². The number of carbonyl (C=O) groups is 1. The van der Waals surface area contributed by atoms with Gasteiger partial charge in [0.25, 0.3) is 0 Å². The number of thiophene rings is 1. The van der Waals surface area contributed by atoms with Gasteiger partial charge in [-0.1, -0.05) is 16.1 Å². The molecule has 3 aromatic heterocycles. The van der Waals surface area contributed by atoms with Crippen molar-refractivity contribution in [2.45, 2.75) is 39.2 Å². The molecule has 1 atom stereocenters. The van der Waals surface area contributed by atoms with Crippen LogP contribution in [0, 0.1) is 5.92 Å². The second-order valence-corrected chi connectivity index (χ2v) is 9.98. The molecule has 5 rings (SSSR count). The van der Waals surface area contributed by atoms with Crippen molar-refractivity contribution < 1.29 is 4.79 Å². The van der Waals surface area contributed by atoms with Crippen molar-refractivity contribution in [3.05, 3.63) is 33.9 Å². The van der Waals surface area contributed by atoms with E-state index in [-0.39, 0.29) is 17.9 Å². The van der Waals surface area contributed by atoms with Crippen LogP contribution in [0.3, 0.4) is 0 Å². The van der Waals surface area contributed by atoms with Crippen LogP contribution in [-0.2, 0) is 17.6 Å². The van der Waals surface area contributed by atoms with E-state index in [9.17, 15) is 4.79 Å². The molecule has 1 aliphatic carbocycles. The molecule has 154 valence electrons. The second-order valence-electron chi connectivity index (χ2n) is 7.71.